The molecule has 0 bridgehead atoms. The zero-order valence-electron chi connectivity index (χ0n) is 10.6. The average Bonchev–Trinajstić information content (AvgIpc) is 2.84. The minimum Gasteiger partial charge on any atom is -0.294 e. The van der Waals surface area contributed by atoms with Crippen molar-refractivity contribution in [1.29, 1.82) is 5.26 Å². The van der Waals surface area contributed by atoms with E-state index < -0.39 is 0 Å². The summed E-state index contributed by atoms with van der Waals surface area (Å²) >= 11 is 18.1. The summed E-state index contributed by atoms with van der Waals surface area (Å²) in [6.07, 6.45) is 0. The summed E-state index contributed by atoms with van der Waals surface area (Å²) in [5.41, 5.74) is 2.69. The molecule has 1 heterocycles. The standard InChI is InChI=1S/C15H8Cl3N3/c16-7-15-20-12-4-3-11(18)6-14(12)21(15)13-5-10(17)2-1-9(13)8-19/h1-6H,7H2. The van der Waals surface area contributed by atoms with Crippen molar-refractivity contribution in [1.82, 2.24) is 9.55 Å². The van der Waals surface area contributed by atoms with E-state index in [2.05, 4.69) is 11.1 Å². The fourth-order valence-corrected chi connectivity index (χ4v) is 2.75. The molecule has 0 fully saturated rings. The second-order valence-electron chi connectivity index (χ2n) is 4.40. The lowest BCUT2D eigenvalue weighted by Crippen LogP contribution is -2.02. The number of hydrogen-bond donors (Lipinski definition) is 0. The number of rotatable bonds is 2. The Kier molecular flexibility index (Phi) is 3.77. The van der Waals surface area contributed by atoms with Crippen LogP contribution in [0.15, 0.2) is 36.4 Å². The molecule has 2 aromatic carbocycles. The number of hydrogen-bond acceptors (Lipinski definition) is 2. The lowest BCUT2D eigenvalue weighted by molar-refractivity contribution is 0.978. The van der Waals surface area contributed by atoms with Gasteiger partial charge >= 0.3 is 0 Å². The molecule has 0 N–H and O–H groups in total. The molecular weight excluding hydrogens is 329 g/mol. The zero-order chi connectivity index (χ0) is 15.0. The predicted molar refractivity (Wildman–Crippen MR) is 85.4 cm³/mol. The highest BCUT2D eigenvalue weighted by Crippen LogP contribution is 2.28. The second kappa shape index (κ2) is 5.57. The minimum atomic E-state index is 0.212. The van der Waals surface area contributed by atoms with E-state index >= 15 is 0 Å². The van der Waals surface area contributed by atoms with Gasteiger partial charge in [-0.05, 0) is 36.4 Å². The van der Waals surface area contributed by atoms with Gasteiger partial charge in [-0.2, -0.15) is 5.26 Å². The van der Waals surface area contributed by atoms with Crippen LogP contribution in [0.4, 0.5) is 0 Å². The zero-order valence-corrected chi connectivity index (χ0v) is 12.9. The summed E-state index contributed by atoms with van der Waals surface area (Å²) in [6.45, 7) is 0. The summed E-state index contributed by atoms with van der Waals surface area (Å²) < 4.78 is 1.82. The van der Waals surface area contributed by atoms with E-state index in [0.717, 1.165) is 11.0 Å². The van der Waals surface area contributed by atoms with Crippen molar-refractivity contribution in [3.8, 4) is 11.8 Å². The van der Waals surface area contributed by atoms with Gasteiger partial charge in [-0.15, -0.1) is 11.6 Å². The second-order valence-corrected chi connectivity index (χ2v) is 5.54. The smallest absolute Gasteiger partial charge is 0.129 e. The number of aromatic nitrogens is 2. The lowest BCUT2D eigenvalue weighted by Gasteiger charge is -2.10. The number of halogens is 3. The van der Waals surface area contributed by atoms with Crippen LogP contribution in [0, 0.1) is 11.3 Å². The van der Waals surface area contributed by atoms with E-state index in [-0.39, 0.29) is 5.88 Å². The Balaban J connectivity index is 2.41. The van der Waals surface area contributed by atoms with Crippen LogP contribution in [0.3, 0.4) is 0 Å². The normalized spacial score (nSPS) is 10.8. The molecular formula is C15H8Cl3N3. The van der Waals surface area contributed by atoms with Gasteiger partial charge in [0.25, 0.3) is 0 Å². The van der Waals surface area contributed by atoms with Crippen molar-refractivity contribution in [3.05, 3.63) is 57.8 Å². The van der Waals surface area contributed by atoms with E-state index in [1.165, 1.54) is 0 Å². The highest BCUT2D eigenvalue weighted by atomic mass is 35.5. The predicted octanol–water partition coefficient (Wildman–Crippen LogP) is 4.94. The Morgan fingerprint density at radius 2 is 1.81 bits per heavy atom. The SMILES string of the molecule is N#Cc1ccc(Cl)cc1-n1c(CCl)nc2ccc(Cl)cc21. The van der Waals surface area contributed by atoms with Crippen LogP contribution >= 0.6 is 34.8 Å². The molecule has 0 unspecified atom stereocenters. The Hall–Kier alpha value is -1.73. The molecule has 0 aliphatic heterocycles. The third-order valence-electron chi connectivity index (χ3n) is 3.13. The first-order valence-corrected chi connectivity index (χ1v) is 7.36. The van der Waals surface area contributed by atoms with Crippen molar-refractivity contribution in [2.75, 3.05) is 0 Å². The van der Waals surface area contributed by atoms with Gasteiger partial charge in [-0.3, -0.25) is 4.57 Å². The third kappa shape index (κ3) is 2.47. The Morgan fingerprint density at radius 3 is 2.52 bits per heavy atom. The molecule has 3 aromatic rings. The molecule has 3 nitrogen and oxygen atoms in total. The number of imidazole rings is 1. The van der Waals surface area contributed by atoms with Crippen LogP contribution in [-0.4, -0.2) is 9.55 Å². The molecule has 0 saturated carbocycles. The van der Waals surface area contributed by atoms with E-state index in [9.17, 15) is 5.26 Å². The van der Waals surface area contributed by atoms with Crippen molar-refractivity contribution in [3.63, 3.8) is 0 Å². The van der Waals surface area contributed by atoms with Gasteiger partial charge in [0, 0.05) is 10.0 Å². The molecule has 1 aromatic heterocycles. The number of fused-ring (bicyclic) bond motifs is 1. The van der Waals surface area contributed by atoms with Gasteiger partial charge in [0.15, 0.2) is 0 Å². The van der Waals surface area contributed by atoms with Crippen molar-refractivity contribution in [2.45, 2.75) is 5.88 Å². The summed E-state index contributed by atoms with van der Waals surface area (Å²) in [7, 11) is 0. The van der Waals surface area contributed by atoms with E-state index in [1.54, 1.807) is 30.3 Å². The molecule has 0 amide bonds. The molecule has 0 atom stereocenters. The fourth-order valence-electron chi connectivity index (χ4n) is 2.24. The quantitative estimate of drug-likeness (QED) is 0.622. The number of nitrogens with zero attached hydrogens (tertiary/aromatic N) is 3. The van der Waals surface area contributed by atoms with Crippen molar-refractivity contribution < 1.29 is 0 Å². The first-order valence-electron chi connectivity index (χ1n) is 6.07. The molecule has 6 heteroatoms. The molecule has 0 aliphatic carbocycles. The number of alkyl halides is 1. The average molecular weight is 337 g/mol. The maximum atomic E-state index is 9.31. The monoisotopic (exact) mass is 335 g/mol. The molecule has 104 valence electrons. The molecule has 0 aliphatic rings. The Bertz CT molecular complexity index is 878. The lowest BCUT2D eigenvalue weighted by atomic mass is 10.2. The minimum absolute atomic E-state index is 0.212. The molecule has 0 spiro atoms. The maximum absolute atomic E-state index is 9.31. The van der Waals surface area contributed by atoms with Gasteiger partial charge in [0.2, 0.25) is 0 Å². The first kappa shape index (κ1) is 14.2. The van der Waals surface area contributed by atoms with Crippen LogP contribution in [0.2, 0.25) is 10.0 Å². The number of benzene rings is 2. The van der Waals surface area contributed by atoms with Gasteiger partial charge in [0.1, 0.15) is 11.9 Å². The summed E-state index contributed by atoms with van der Waals surface area (Å²) in [5, 5.41) is 10.4. The Morgan fingerprint density at radius 1 is 1.10 bits per heavy atom. The molecule has 21 heavy (non-hydrogen) atoms. The highest BCUT2D eigenvalue weighted by Gasteiger charge is 2.15. The maximum Gasteiger partial charge on any atom is 0.129 e. The molecule has 0 radical (unpaired) electrons. The highest BCUT2D eigenvalue weighted by molar-refractivity contribution is 6.31. The summed E-state index contributed by atoms with van der Waals surface area (Å²) in [4.78, 5) is 4.47. The van der Waals surface area contributed by atoms with Crippen LogP contribution in [0.25, 0.3) is 16.7 Å². The topological polar surface area (TPSA) is 41.6 Å². The molecule has 3 rings (SSSR count). The van der Waals surface area contributed by atoms with E-state index in [4.69, 9.17) is 34.8 Å². The van der Waals surface area contributed by atoms with Gasteiger partial charge in [0.05, 0.1) is 28.2 Å². The van der Waals surface area contributed by atoms with Gasteiger partial charge < -0.3 is 0 Å². The van der Waals surface area contributed by atoms with Gasteiger partial charge in [-0.25, -0.2) is 4.98 Å². The first-order chi connectivity index (χ1) is 10.1. The summed E-state index contributed by atoms with van der Waals surface area (Å²) in [6, 6.07) is 12.6. The van der Waals surface area contributed by atoms with Gasteiger partial charge in [-0.1, -0.05) is 23.2 Å². The largest absolute Gasteiger partial charge is 0.294 e. The van der Waals surface area contributed by atoms with E-state index in [1.807, 2.05) is 10.6 Å². The van der Waals surface area contributed by atoms with Crippen LogP contribution in [-0.2, 0) is 5.88 Å². The number of nitriles is 1. The van der Waals surface area contributed by atoms with Crippen LogP contribution in [0.1, 0.15) is 11.4 Å². The van der Waals surface area contributed by atoms with E-state index in [0.29, 0.717) is 27.1 Å². The third-order valence-corrected chi connectivity index (χ3v) is 3.84. The van der Waals surface area contributed by atoms with Crippen molar-refractivity contribution in [2.24, 2.45) is 0 Å². The van der Waals surface area contributed by atoms with Crippen molar-refractivity contribution >= 4 is 45.8 Å². The van der Waals surface area contributed by atoms with Crippen LogP contribution < -0.4 is 0 Å². The Labute approximate surface area is 136 Å². The van der Waals surface area contributed by atoms with Crippen LogP contribution in [0.5, 0.6) is 0 Å². The fraction of sp³-hybridized carbons (Fsp3) is 0.0667. The molecule has 0 saturated heterocycles. The summed E-state index contributed by atoms with van der Waals surface area (Å²) in [5.74, 6) is 0.844.